The van der Waals surface area contributed by atoms with E-state index in [0.717, 1.165) is 5.69 Å². The lowest BCUT2D eigenvalue weighted by Crippen LogP contribution is -2.04. The summed E-state index contributed by atoms with van der Waals surface area (Å²) in [4.78, 5) is 4.24. The van der Waals surface area contributed by atoms with Crippen molar-refractivity contribution in [2.75, 3.05) is 7.11 Å². The third-order valence-corrected chi connectivity index (χ3v) is 2.70. The van der Waals surface area contributed by atoms with Gasteiger partial charge in [0.15, 0.2) is 0 Å². The van der Waals surface area contributed by atoms with Gasteiger partial charge in [-0.2, -0.15) is 0 Å². The molecular weight excluding hydrogens is 221 g/mol. The van der Waals surface area contributed by atoms with Crippen molar-refractivity contribution in [2.24, 2.45) is 12.8 Å². The number of nitrogens with zero attached hydrogens (tertiary/aromatic N) is 2. The van der Waals surface area contributed by atoms with Crippen LogP contribution in [0.1, 0.15) is 5.69 Å². The van der Waals surface area contributed by atoms with Gasteiger partial charge >= 0.3 is 0 Å². The Morgan fingerprint density at radius 1 is 1.47 bits per heavy atom. The molecule has 2 N–H and O–H groups in total. The van der Waals surface area contributed by atoms with Gasteiger partial charge in [0.05, 0.1) is 24.6 Å². The number of halogens is 1. The first-order valence-corrected chi connectivity index (χ1v) is 5.22. The standard InChI is InChI=1S/C12H14FN3O/c1-16-9(6-14)7-15-12(16)10-5-8(13)3-4-11(10)17-2/h3-5,7H,6,14H2,1-2H3. The molecule has 2 rings (SSSR count). The van der Waals surface area contributed by atoms with Crippen LogP contribution < -0.4 is 10.5 Å². The summed E-state index contributed by atoms with van der Waals surface area (Å²) in [5.41, 5.74) is 7.08. The molecule has 0 unspecified atom stereocenters. The van der Waals surface area contributed by atoms with Crippen LogP contribution in [0.4, 0.5) is 4.39 Å². The van der Waals surface area contributed by atoms with Crippen LogP contribution >= 0.6 is 0 Å². The van der Waals surface area contributed by atoms with E-state index in [1.807, 2.05) is 11.6 Å². The third kappa shape index (κ3) is 2.01. The minimum absolute atomic E-state index is 0.321. The maximum absolute atomic E-state index is 13.3. The van der Waals surface area contributed by atoms with Gasteiger partial charge in [-0.1, -0.05) is 0 Å². The van der Waals surface area contributed by atoms with Gasteiger partial charge in [-0.15, -0.1) is 0 Å². The molecule has 0 spiro atoms. The maximum atomic E-state index is 13.3. The number of hydrogen-bond acceptors (Lipinski definition) is 3. The number of rotatable bonds is 3. The van der Waals surface area contributed by atoms with Crippen molar-refractivity contribution in [3.05, 3.63) is 35.9 Å². The molecule has 1 heterocycles. The number of aromatic nitrogens is 2. The van der Waals surface area contributed by atoms with Crippen molar-refractivity contribution in [1.29, 1.82) is 0 Å². The van der Waals surface area contributed by atoms with Crippen LogP contribution in [0.3, 0.4) is 0 Å². The predicted molar refractivity (Wildman–Crippen MR) is 63.0 cm³/mol. The minimum atomic E-state index is -0.321. The quantitative estimate of drug-likeness (QED) is 0.880. The number of benzene rings is 1. The second-order valence-electron chi connectivity index (χ2n) is 3.68. The highest BCUT2D eigenvalue weighted by Gasteiger charge is 2.13. The van der Waals surface area contributed by atoms with Crippen molar-refractivity contribution < 1.29 is 9.13 Å². The first-order chi connectivity index (χ1) is 8.17. The SMILES string of the molecule is COc1ccc(F)cc1-c1ncc(CN)n1C. The Kier molecular flexibility index (Phi) is 3.10. The van der Waals surface area contributed by atoms with Crippen LogP contribution in [-0.4, -0.2) is 16.7 Å². The van der Waals surface area contributed by atoms with E-state index in [1.165, 1.54) is 12.1 Å². The summed E-state index contributed by atoms with van der Waals surface area (Å²) in [6, 6.07) is 4.35. The molecule has 0 radical (unpaired) electrons. The Morgan fingerprint density at radius 2 is 2.24 bits per heavy atom. The molecule has 17 heavy (non-hydrogen) atoms. The molecule has 1 aromatic carbocycles. The van der Waals surface area contributed by atoms with Crippen LogP contribution in [0, 0.1) is 5.82 Å². The third-order valence-electron chi connectivity index (χ3n) is 2.70. The van der Waals surface area contributed by atoms with E-state index >= 15 is 0 Å². The fourth-order valence-electron chi connectivity index (χ4n) is 1.74. The van der Waals surface area contributed by atoms with Gasteiger partial charge in [0.25, 0.3) is 0 Å². The fourth-order valence-corrected chi connectivity index (χ4v) is 1.74. The average Bonchev–Trinajstić information content (AvgIpc) is 2.70. The predicted octanol–water partition coefficient (Wildman–Crippen LogP) is 1.69. The van der Waals surface area contributed by atoms with E-state index in [1.54, 1.807) is 19.4 Å². The fraction of sp³-hybridized carbons (Fsp3) is 0.250. The molecule has 0 amide bonds. The number of nitrogens with two attached hydrogens (primary N) is 1. The highest BCUT2D eigenvalue weighted by atomic mass is 19.1. The Bertz CT molecular complexity index is 537. The second kappa shape index (κ2) is 4.55. The summed E-state index contributed by atoms with van der Waals surface area (Å²) in [7, 11) is 3.39. The zero-order chi connectivity index (χ0) is 12.4. The molecule has 0 aliphatic heterocycles. The molecule has 1 aromatic heterocycles. The van der Waals surface area contributed by atoms with E-state index in [-0.39, 0.29) is 5.82 Å². The maximum Gasteiger partial charge on any atom is 0.143 e. The van der Waals surface area contributed by atoms with E-state index in [2.05, 4.69) is 4.98 Å². The van der Waals surface area contributed by atoms with Gasteiger partial charge in [0.2, 0.25) is 0 Å². The molecule has 0 aliphatic carbocycles. The first-order valence-electron chi connectivity index (χ1n) is 5.22. The van der Waals surface area contributed by atoms with E-state index < -0.39 is 0 Å². The highest BCUT2D eigenvalue weighted by Crippen LogP contribution is 2.29. The summed E-state index contributed by atoms with van der Waals surface area (Å²) >= 11 is 0. The Labute approximate surface area is 98.8 Å². The van der Waals surface area contributed by atoms with E-state index in [4.69, 9.17) is 10.5 Å². The minimum Gasteiger partial charge on any atom is -0.496 e. The number of methoxy groups -OCH3 is 1. The van der Waals surface area contributed by atoms with Crippen LogP contribution in [0.5, 0.6) is 5.75 Å². The van der Waals surface area contributed by atoms with Crippen molar-refractivity contribution in [3.63, 3.8) is 0 Å². The molecule has 90 valence electrons. The van der Waals surface area contributed by atoms with E-state index in [0.29, 0.717) is 23.7 Å². The van der Waals surface area contributed by atoms with Gasteiger partial charge in [-0.25, -0.2) is 9.37 Å². The molecule has 0 fully saturated rings. The van der Waals surface area contributed by atoms with Crippen molar-refractivity contribution >= 4 is 0 Å². The van der Waals surface area contributed by atoms with Crippen LogP contribution in [0.15, 0.2) is 24.4 Å². The van der Waals surface area contributed by atoms with Crippen LogP contribution in [0.2, 0.25) is 0 Å². The molecule has 0 saturated carbocycles. The Morgan fingerprint density at radius 3 is 2.82 bits per heavy atom. The molecule has 4 nitrogen and oxygen atoms in total. The average molecular weight is 235 g/mol. The number of imidazole rings is 1. The second-order valence-corrected chi connectivity index (χ2v) is 3.68. The zero-order valence-corrected chi connectivity index (χ0v) is 9.77. The van der Waals surface area contributed by atoms with Gasteiger partial charge in [0.1, 0.15) is 17.4 Å². The normalized spacial score (nSPS) is 10.6. The van der Waals surface area contributed by atoms with Crippen molar-refractivity contribution in [3.8, 4) is 17.1 Å². The molecule has 2 aromatic rings. The topological polar surface area (TPSA) is 53.1 Å². The van der Waals surface area contributed by atoms with E-state index in [9.17, 15) is 4.39 Å². The van der Waals surface area contributed by atoms with Gasteiger partial charge < -0.3 is 15.0 Å². The summed E-state index contributed by atoms with van der Waals surface area (Å²) in [5, 5.41) is 0. The highest BCUT2D eigenvalue weighted by molar-refractivity contribution is 5.65. The Balaban J connectivity index is 2.58. The van der Waals surface area contributed by atoms with Gasteiger partial charge in [-0.05, 0) is 18.2 Å². The zero-order valence-electron chi connectivity index (χ0n) is 9.77. The first kappa shape index (κ1) is 11.6. The molecule has 0 saturated heterocycles. The summed E-state index contributed by atoms with van der Waals surface area (Å²) in [6.07, 6.45) is 1.68. The van der Waals surface area contributed by atoms with Crippen LogP contribution in [0.25, 0.3) is 11.4 Å². The number of hydrogen-bond donors (Lipinski definition) is 1. The van der Waals surface area contributed by atoms with Crippen molar-refractivity contribution in [2.45, 2.75) is 6.54 Å². The van der Waals surface area contributed by atoms with Gasteiger partial charge in [-0.3, -0.25) is 0 Å². The van der Waals surface area contributed by atoms with Crippen LogP contribution in [-0.2, 0) is 13.6 Å². The Hall–Kier alpha value is -1.88. The number of ether oxygens (including phenoxy) is 1. The summed E-state index contributed by atoms with van der Waals surface area (Å²) in [6.45, 7) is 0.390. The van der Waals surface area contributed by atoms with Crippen molar-refractivity contribution in [1.82, 2.24) is 9.55 Å². The lowest BCUT2D eigenvalue weighted by molar-refractivity contribution is 0.415. The molecule has 0 bridgehead atoms. The summed E-state index contributed by atoms with van der Waals surface area (Å²) in [5.74, 6) is 0.906. The van der Waals surface area contributed by atoms with Gasteiger partial charge in [0, 0.05) is 13.6 Å². The smallest absolute Gasteiger partial charge is 0.143 e. The largest absolute Gasteiger partial charge is 0.496 e. The lowest BCUT2D eigenvalue weighted by Gasteiger charge is -2.09. The molecular formula is C12H14FN3O. The lowest BCUT2D eigenvalue weighted by atomic mass is 10.2. The molecule has 0 atom stereocenters. The molecule has 5 heteroatoms. The monoisotopic (exact) mass is 235 g/mol. The summed E-state index contributed by atoms with van der Waals surface area (Å²) < 4.78 is 20.3. The molecule has 0 aliphatic rings.